The molecule has 0 spiro atoms. The predicted octanol–water partition coefficient (Wildman–Crippen LogP) is 7.41. The van der Waals surface area contributed by atoms with E-state index in [4.69, 9.17) is 13.9 Å². The summed E-state index contributed by atoms with van der Waals surface area (Å²) in [5, 5.41) is 2.50. The van der Waals surface area contributed by atoms with Crippen LogP contribution in [-0.4, -0.2) is 85.9 Å². The molecular formula is C37H60N2O7SSi. The second-order valence-corrected chi connectivity index (χ2v) is 21.1. The fourth-order valence-electron chi connectivity index (χ4n) is 4.92. The number of amides is 2. The summed E-state index contributed by atoms with van der Waals surface area (Å²) in [6.07, 6.45) is 7.51. The van der Waals surface area contributed by atoms with Crippen LogP contribution in [0.4, 0.5) is 4.79 Å². The Hall–Kier alpha value is -2.63. The molecule has 1 fully saturated rings. The van der Waals surface area contributed by atoms with Crippen molar-refractivity contribution in [3.8, 4) is 0 Å². The zero-order valence-corrected chi connectivity index (χ0v) is 32.6. The van der Waals surface area contributed by atoms with Crippen molar-refractivity contribution in [1.29, 1.82) is 0 Å². The normalized spacial score (nSPS) is 16.3. The smallest absolute Gasteiger partial charge is 0.408 e. The van der Waals surface area contributed by atoms with Gasteiger partial charge in [-0.1, -0.05) is 62.8 Å². The predicted molar refractivity (Wildman–Crippen MR) is 197 cm³/mol. The average Bonchev–Trinajstić information content (AvgIpc) is 3.32. The van der Waals surface area contributed by atoms with Gasteiger partial charge in [0.2, 0.25) is 5.91 Å². The average molecular weight is 705 g/mol. The van der Waals surface area contributed by atoms with Gasteiger partial charge >= 0.3 is 12.1 Å². The number of carbonyl (C=O) groups is 4. The number of hydrogen-bond acceptors (Lipinski definition) is 8. The number of rotatable bonds is 19. The van der Waals surface area contributed by atoms with Crippen molar-refractivity contribution in [3.63, 3.8) is 0 Å². The van der Waals surface area contributed by atoms with Gasteiger partial charge in [0, 0.05) is 31.6 Å². The molecule has 1 aromatic carbocycles. The lowest BCUT2D eigenvalue weighted by Crippen LogP contribution is -2.44. The van der Waals surface area contributed by atoms with Crippen LogP contribution in [0.15, 0.2) is 36.4 Å². The summed E-state index contributed by atoms with van der Waals surface area (Å²) in [7, 11) is -2.00. The molecule has 270 valence electrons. The highest BCUT2D eigenvalue weighted by atomic mass is 32.2. The number of ketones is 1. The first-order valence-electron chi connectivity index (χ1n) is 17.3. The number of ether oxygens (including phenoxy) is 2. The minimum Gasteiger partial charge on any atom is -0.466 e. The Balaban J connectivity index is 1.71. The second kappa shape index (κ2) is 19.5. The lowest BCUT2D eigenvalue weighted by molar-refractivity contribution is -0.144. The number of esters is 1. The molecule has 9 nitrogen and oxygen atoms in total. The van der Waals surface area contributed by atoms with E-state index in [-0.39, 0.29) is 48.3 Å². The van der Waals surface area contributed by atoms with Gasteiger partial charge in [0.05, 0.1) is 31.7 Å². The molecule has 1 aliphatic rings. The molecule has 11 heteroatoms. The number of benzene rings is 1. The SMILES string of the molecule is Cc1cccc(C[C@@H](/C=C/[C@H]2CCC(=O)N2CCSCCCCOC(=O)CCC(=O)CNC(=O)OC(C)(C)C)O[Si](C)(C)C(C)(C)C)c1. The third kappa shape index (κ3) is 16.2. The van der Waals surface area contributed by atoms with E-state index in [2.05, 4.69) is 82.5 Å². The van der Waals surface area contributed by atoms with Gasteiger partial charge in [-0.15, -0.1) is 0 Å². The molecule has 1 aliphatic heterocycles. The van der Waals surface area contributed by atoms with Crippen LogP contribution in [0.2, 0.25) is 18.1 Å². The number of thioether (sulfide) groups is 1. The van der Waals surface area contributed by atoms with Crippen molar-refractivity contribution in [2.45, 2.75) is 129 Å². The lowest BCUT2D eigenvalue weighted by atomic mass is 10.0. The van der Waals surface area contributed by atoms with Crippen LogP contribution in [0.3, 0.4) is 0 Å². The maximum absolute atomic E-state index is 12.8. The Morgan fingerprint density at radius 2 is 1.81 bits per heavy atom. The Morgan fingerprint density at radius 3 is 2.48 bits per heavy atom. The Labute approximate surface area is 294 Å². The van der Waals surface area contributed by atoms with Gasteiger partial charge in [-0.2, -0.15) is 11.8 Å². The van der Waals surface area contributed by atoms with Crippen molar-refractivity contribution >= 4 is 43.8 Å². The molecule has 0 saturated carbocycles. The first kappa shape index (κ1) is 41.5. The number of likely N-dealkylation sites (tertiary alicyclic amines) is 1. The van der Waals surface area contributed by atoms with E-state index in [1.807, 2.05) is 4.90 Å². The zero-order chi connectivity index (χ0) is 36.0. The van der Waals surface area contributed by atoms with Crippen LogP contribution in [0.5, 0.6) is 0 Å². The third-order valence-electron chi connectivity index (χ3n) is 8.55. The number of unbranched alkanes of at least 4 members (excludes halogenated alkanes) is 1. The molecule has 1 aromatic rings. The summed E-state index contributed by atoms with van der Waals surface area (Å²) in [6, 6.07) is 8.68. The van der Waals surface area contributed by atoms with Crippen molar-refractivity contribution in [2.75, 3.05) is 31.2 Å². The van der Waals surface area contributed by atoms with E-state index in [9.17, 15) is 19.2 Å². The van der Waals surface area contributed by atoms with E-state index in [1.54, 1.807) is 32.5 Å². The number of aryl methyl sites for hydroxylation is 1. The summed E-state index contributed by atoms with van der Waals surface area (Å²) in [6.45, 7) is 19.5. The van der Waals surface area contributed by atoms with Crippen LogP contribution in [0, 0.1) is 6.92 Å². The summed E-state index contributed by atoms with van der Waals surface area (Å²) in [5.74, 6) is 1.29. The van der Waals surface area contributed by atoms with E-state index < -0.39 is 26.0 Å². The quantitative estimate of drug-likeness (QED) is 0.0687. The van der Waals surface area contributed by atoms with Crippen molar-refractivity contribution < 1.29 is 33.1 Å². The molecule has 2 amide bonds. The van der Waals surface area contributed by atoms with E-state index >= 15 is 0 Å². The van der Waals surface area contributed by atoms with Gasteiger partial charge in [-0.05, 0) is 76.4 Å². The Kier molecular flexibility index (Phi) is 16.9. The summed E-state index contributed by atoms with van der Waals surface area (Å²) >= 11 is 1.80. The number of Topliss-reactive ketones (excluding diaryl/α,β-unsaturated/α-hetero) is 1. The molecule has 0 aliphatic carbocycles. The first-order chi connectivity index (χ1) is 22.4. The molecule has 0 bridgehead atoms. The number of alkyl carbamates (subject to hydrolysis) is 1. The van der Waals surface area contributed by atoms with Crippen molar-refractivity contribution in [2.24, 2.45) is 0 Å². The van der Waals surface area contributed by atoms with Gasteiger partial charge in [0.1, 0.15) is 5.60 Å². The summed E-state index contributed by atoms with van der Waals surface area (Å²) in [5.41, 5.74) is 1.86. The molecular weight excluding hydrogens is 645 g/mol. The maximum Gasteiger partial charge on any atom is 0.408 e. The van der Waals surface area contributed by atoms with Crippen LogP contribution in [0.25, 0.3) is 0 Å². The number of nitrogens with one attached hydrogen (secondary N) is 1. The van der Waals surface area contributed by atoms with E-state index in [0.717, 1.165) is 37.2 Å². The molecule has 0 radical (unpaired) electrons. The number of carbonyl (C=O) groups excluding carboxylic acids is 4. The van der Waals surface area contributed by atoms with Gasteiger partial charge in [0.15, 0.2) is 14.1 Å². The van der Waals surface area contributed by atoms with Gasteiger partial charge in [0.25, 0.3) is 0 Å². The molecule has 1 heterocycles. The molecule has 2 atom stereocenters. The molecule has 0 aromatic heterocycles. The Morgan fingerprint density at radius 1 is 1.08 bits per heavy atom. The second-order valence-electron chi connectivity index (χ2n) is 15.1. The van der Waals surface area contributed by atoms with Crippen molar-refractivity contribution in [3.05, 3.63) is 47.5 Å². The molecule has 1 N–H and O–H groups in total. The highest BCUT2D eigenvalue weighted by Gasteiger charge is 2.39. The molecule has 48 heavy (non-hydrogen) atoms. The summed E-state index contributed by atoms with van der Waals surface area (Å²) in [4.78, 5) is 50.3. The van der Waals surface area contributed by atoms with Crippen LogP contribution >= 0.6 is 11.8 Å². The highest BCUT2D eigenvalue weighted by Crippen LogP contribution is 2.38. The topological polar surface area (TPSA) is 111 Å². The molecule has 0 unspecified atom stereocenters. The standard InChI is InChI=1S/C37H60N2O7SSi/c1-28-13-12-14-29(25-28)26-32(46-48(8,9)37(5,6)7)18-15-30-16-19-33(41)39(30)21-24-47-23-11-10-22-44-34(42)20-17-31(40)27-38-35(43)45-36(2,3)4/h12-15,18,25,30,32H,10-11,16-17,19-24,26-27H2,1-9H3,(H,38,43)/b18-15+/t30-,32+/m0/s1. The highest BCUT2D eigenvalue weighted by molar-refractivity contribution is 7.99. The molecule has 1 saturated heterocycles. The largest absolute Gasteiger partial charge is 0.466 e. The fraction of sp³-hybridized carbons (Fsp3) is 0.676. The van der Waals surface area contributed by atoms with Crippen LogP contribution in [-0.2, 0) is 34.7 Å². The van der Waals surface area contributed by atoms with E-state index in [1.165, 1.54) is 11.1 Å². The molecule has 2 rings (SSSR count). The van der Waals surface area contributed by atoms with Crippen LogP contribution in [0.1, 0.15) is 91.2 Å². The third-order valence-corrected chi connectivity index (χ3v) is 14.1. The monoisotopic (exact) mass is 704 g/mol. The van der Waals surface area contributed by atoms with Gasteiger partial charge < -0.3 is 24.1 Å². The zero-order valence-electron chi connectivity index (χ0n) is 30.8. The van der Waals surface area contributed by atoms with Crippen molar-refractivity contribution in [1.82, 2.24) is 10.2 Å². The minimum absolute atomic E-state index is 0.00687. The minimum atomic E-state index is -2.00. The van der Waals surface area contributed by atoms with Gasteiger partial charge in [-0.3, -0.25) is 14.4 Å². The van der Waals surface area contributed by atoms with Gasteiger partial charge in [-0.25, -0.2) is 4.79 Å². The number of nitrogens with zero attached hydrogens (tertiary/aromatic N) is 1. The fourth-order valence-corrected chi connectivity index (χ4v) is 7.13. The lowest BCUT2D eigenvalue weighted by Gasteiger charge is -2.39. The maximum atomic E-state index is 12.8. The summed E-state index contributed by atoms with van der Waals surface area (Å²) < 4.78 is 17.2. The van der Waals surface area contributed by atoms with Crippen LogP contribution < -0.4 is 5.32 Å². The first-order valence-corrected chi connectivity index (χ1v) is 21.4. The Bertz CT molecular complexity index is 1240. The number of hydrogen-bond donors (Lipinski definition) is 1. The van der Waals surface area contributed by atoms with E-state index in [0.29, 0.717) is 19.6 Å².